The number of benzene rings is 2. The summed E-state index contributed by atoms with van der Waals surface area (Å²) in [7, 11) is 0. The molecule has 0 unspecified atom stereocenters. The lowest BCUT2D eigenvalue weighted by atomic mass is 10.1. The molecular weight excluding hydrogens is 288 g/mol. The molecule has 2 aromatic rings. The van der Waals surface area contributed by atoms with Crippen LogP contribution < -0.4 is 9.64 Å². The zero-order valence-corrected chi connectivity index (χ0v) is 13.6. The summed E-state index contributed by atoms with van der Waals surface area (Å²) in [6, 6.07) is 16.2. The van der Waals surface area contributed by atoms with Gasteiger partial charge in [-0.15, -0.1) is 0 Å². The highest BCUT2D eigenvalue weighted by atomic mass is 16.5. The van der Waals surface area contributed by atoms with E-state index < -0.39 is 0 Å². The number of hydrogen-bond acceptors (Lipinski definition) is 4. The molecule has 4 heteroatoms. The normalized spacial score (nSPS) is 15.6. The van der Waals surface area contributed by atoms with Crippen LogP contribution >= 0.6 is 0 Å². The van der Waals surface area contributed by atoms with E-state index in [2.05, 4.69) is 40.1 Å². The predicted molar refractivity (Wildman–Crippen MR) is 93.2 cm³/mol. The Morgan fingerprint density at radius 2 is 1.74 bits per heavy atom. The van der Waals surface area contributed by atoms with Crippen molar-refractivity contribution in [1.82, 2.24) is 4.90 Å². The van der Waals surface area contributed by atoms with Gasteiger partial charge in [0.15, 0.2) is 11.5 Å². The van der Waals surface area contributed by atoms with Crippen molar-refractivity contribution in [3.05, 3.63) is 54.1 Å². The summed E-state index contributed by atoms with van der Waals surface area (Å²) in [4.78, 5) is 4.88. The van der Waals surface area contributed by atoms with Crippen LogP contribution in [0.2, 0.25) is 0 Å². The number of nitrogens with zero attached hydrogens (tertiary/aromatic N) is 2. The highest BCUT2D eigenvalue weighted by Gasteiger charge is 2.17. The van der Waals surface area contributed by atoms with Gasteiger partial charge in [0, 0.05) is 38.4 Å². The van der Waals surface area contributed by atoms with E-state index in [1.165, 1.54) is 11.3 Å². The first-order valence-electron chi connectivity index (χ1n) is 8.23. The molecule has 4 nitrogen and oxygen atoms in total. The molecular formula is C19H24N2O2. The number of hydrogen-bond donors (Lipinski definition) is 1. The van der Waals surface area contributed by atoms with Crippen LogP contribution in [-0.4, -0.2) is 42.8 Å². The van der Waals surface area contributed by atoms with E-state index in [4.69, 9.17) is 4.74 Å². The first kappa shape index (κ1) is 15.7. The van der Waals surface area contributed by atoms with Gasteiger partial charge in [-0.3, -0.25) is 4.90 Å². The predicted octanol–water partition coefficient (Wildman–Crippen LogP) is 3.11. The molecule has 0 bridgehead atoms. The van der Waals surface area contributed by atoms with Crippen molar-refractivity contribution < 1.29 is 9.84 Å². The maximum atomic E-state index is 9.79. The third-order valence-corrected chi connectivity index (χ3v) is 4.22. The Morgan fingerprint density at radius 3 is 2.43 bits per heavy atom. The van der Waals surface area contributed by atoms with Crippen LogP contribution in [0.15, 0.2) is 48.5 Å². The lowest BCUT2D eigenvalue weighted by Crippen LogP contribution is -2.45. The summed E-state index contributed by atoms with van der Waals surface area (Å²) >= 11 is 0. The van der Waals surface area contributed by atoms with Crippen molar-refractivity contribution in [1.29, 1.82) is 0 Å². The van der Waals surface area contributed by atoms with Crippen LogP contribution in [-0.2, 0) is 6.54 Å². The van der Waals surface area contributed by atoms with Crippen LogP contribution in [0.25, 0.3) is 0 Å². The molecule has 1 N–H and O–H groups in total. The summed E-state index contributed by atoms with van der Waals surface area (Å²) < 4.78 is 5.46. The second-order valence-electron chi connectivity index (χ2n) is 5.83. The van der Waals surface area contributed by atoms with Crippen molar-refractivity contribution in [2.45, 2.75) is 13.5 Å². The molecule has 0 aromatic heterocycles. The van der Waals surface area contributed by atoms with Crippen molar-refractivity contribution >= 4 is 5.69 Å². The summed E-state index contributed by atoms with van der Waals surface area (Å²) in [5, 5.41) is 9.79. The monoisotopic (exact) mass is 312 g/mol. The van der Waals surface area contributed by atoms with Gasteiger partial charge < -0.3 is 14.7 Å². The van der Waals surface area contributed by atoms with Gasteiger partial charge in [-0.05, 0) is 36.8 Å². The quantitative estimate of drug-likeness (QED) is 0.920. The van der Waals surface area contributed by atoms with Gasteiger partial charge >= 0.3 is 0 Å². The van der Waals surface area contributed by atoms with Gasteiger partial charge in [0.25, 0.3) is 0 Å². The SMILES string of the molecule is CCOc1cc(CN2CCN(c3ccccc3)CC2)ccc1O. The highest BCUT2D eigenvalue weighted by molar-refractivity contribution is 5.46. The molecule has 0 aliphatic carbocycles. The third-order valence-electron chi connectivity index (χ3n) is 4.22. The third kappa shape index (κ3) is 3.96. The number of piperazine rings is 1. The van der Waals surface area contributed by atoms with Crippen molar-refractivity contribution in [3.63, 3.8) is 0 Å². The summed E-state index contributed by atoms with van der Waals surface area (Å²) in [6.07, 6.45) is 0. The molecule has 0 amide bonds. The van der Waals surface area contributed by atoms with E-state index >= 15 is 0 Å². The minimum atomic E-state index is 0.212. The smallest absolute Gasteiger partial charge is 0.161 e. The molecule has 23 heavy (non-hydrogen) atoms. The van der Waals surface area contributed by atoms with Crippen LogP contribution in [0, 0.1) is 0 Å². The van der Waals surface area contributed by atoms with E-state index in [1.807, 2.05) is 19.1 Å². The van der Waals surface area contributed by atoms with Crippen LogP contribution in [0.4, 0.5) is 5.69 Å². The first-order chi connectivity index (χ1) is 11.3. The second-order valence-corrected chi connectivity index (χ2v) is 5.83. The van der Waals surface area contributed by atoms with Gasteiger partial charge in [0.2, 0.25) is 0 Å². The minimum absolute atomic E-state index is 0.212. The van der Waals surface area contributed by atoms with Crippen molar-refractivity contribution in [2.24, 2.45) is 0 Å². The van der Waals surface area contributed by atoms with Crippen LogP contribution in [0.1, 0.15) is 12.5 Å². The average molecular weight is 312 g/mol. The molecule has 1 fully saturated rings. The number of ether oxygens (including phenoxy) is 1. The fraction of sp³-hybridized carbons (Fsp3) is 0.368. The minimum Gasteiger partial charge on any atom is -0.504 e. The van der Waals surface area contributed by atoms with E-state index in [0.29, 0.717) is 12.4 Å². The number of aromatic hydroxyl groups is 1. The maximum absolute atomic E-state index is 9.79. The molecule has 0 spiro atoms. The molecule has 1 heterocycles. The largest absolute Gasteiger partial charge is 0.504 e. The Balaban J connectivity index is 1.57. The molecule has 3 rings (SSSR count). The molecule has 1 aliphatic heterocycles. The number of para-hydroxylation sites is 1. The van der Waals surface area contributed by atoms with Gasteiger partial charge in [0.05, 0.1) is 6.61 Å². The molecule has 0 saturated carbocycles. The Kier molecular flexibility index (Phi) is 5.03. The molecule has 0 atom stereocenters. The Hall–Kier alpha value is -2.20. The highest BCUT2D eigenvalue weighted by Crippen LogP contribution is 2.27. The lowest BCUT2D eigenvalue weighted by Gasteiger charge is -2.36. The van der Waals surface area contributed by atoms with Gasteiger partial charge in [0.1, 0.15) is 0 Å². The number of phenols is 1. The summed E-state index contributed by atoms with van der Waals surface area (Å²) in [5.74, 6) is 0.789. The maximum Gasteiger partial charge on any atom is 0.161 e. The molecule has 0 radical (unpaired) electrons. The van der Waals surface area contributed by atoms with E-state index in [-0.39, 0.29) is 5.75 Å². The standard InChI is InChI=1S/C19H24N2O2/c1-2-23-19-14-16(8-9-18(19)22)15-20-10-12-21(13-11-20)17-6-4-3-5-7-17/h3-9,14,22H,2,10-13,15H2,1H3. The van der Waals surface area contributed by atoms with Gasteiger partial charge in [-0.25, -0.2) is 0 Å². The second kappa shape index (κ2) is 7.38. The van der Waals surface area contributed by atoms with Crippen LogP contribution in [0.3, 0.4) is 0 Å². The van der Waals surface area contributed by atoms with E-state index in [0.717, 1.165) is 32.7 Å². The van der Waals surface area contributed by atoms with E-state index in [9.17, 15) is 5.11 Å². The zero-order chi connectivity index (χ0) is 16.1. The number of phenolic OH excluding ortho intramolecular Hbond substituents is 1. The fourth-order valence-corrected chi connectivity index (χ4v) is 2.99. The average Bonchev–Trinajstić information content (AvgIpc) is 2.60. The molecule has 1 aliphatic rings. The number of rotatable bonds is 5. The molecule has 1 saturated heterocycles. The molecule has 2 aromatic carbocycles. The van der Waals surface area contributed by atoms with Gasteiger partial charge in [-0.2, -0.15) is 0 Å². The topological polar surface area (TPSA) is 35.9 Å². The Morgan fingerprint density at radius 1 is 1.00 bits per heavy atom. The first-order valence-corrected chi connectivity index (χ1v) is 8.23. The Labute approximate surface area is 137 Å². The van der Waals surface area contributed by atoms with Gasteiger partial charge in [-0.1, -0.05) is 24.3 Å². The van der Waals surface area contributed by atoms with Crippen molar-refractivity contribution in [2.75, 3.05) is 37.7 Å². The lowest BCUT2D eigenvalue weighted by molar-refractivity contribution is 0.249. The fourth-order valence-electron chi connectivity index (χ4n) is 2.99. The van der Waals surface area contributed by atoms with Crippen LogP contribution in [0.5, 0.6) is 11.5 Å². The van der Waals surface area contributed by atoms with E-state index in [1.54, 1.807) is 6.07 Å². The Bertz CT molecular complexity index is 623. The molecule has 122 valence electrons. The van der Waals surface area contributed by atoms with Crippen molar-refractivity contribution in [3.8, 4) is 11.5 Å². The number of anilines is 1. The zero-order valence-electron chi connectivity index (χ0n) is 13.6. The summed E-state index contributed by atoms with van der Waals surface area (Å²) in [5.41, 5.74) is 2.48. The summed E-state index contributed by atoms with van der Waals surface area (Å²) in [6.45, 7) is 7.55.